The van der Waals surface area contributed by atoms with Gasteiger partial charge in [0.1, 0.15) is 17.3 Å². The molecule has 13 heteroatoms. The number of rotatable bonds is 7. The van der Waals surface area contributed by atoms with Gasteiger partial charge in [-0.15, -0.1) is 0 Å². The van der Waals surface area contributed by atoms with E-state index < -0.39 is 24.0 Å². The average Bonchev–Trinajstić information content (AvgIpc) is 3.21. The maximum atomic E-state index is 13.6. The highest BCUT2D eigenvalue weighted by Gasteiger charge is 2.42. The minimum Gasteiger partial charge on any atom is -0.495 e. The number of likely N-dealkylation sites (tertiary alicyclic amines) is 1. The number of nitrogens with zero attached hydrogens (tertiary/aromatic N) is 3. The van der Waals surface area contributed by atoms with E-state index in [9.17, 15) is 27.2 Å². The molecule has 0 aliphatic carbocycles. The highest BCUT2D eigenvalue weighted by atomic mass is 35.5. The fraction of sp³-hybridized carbons (Fsp3) is 0.320. The summed E-state index contributed by atoms with van der Waals surface area (Å²) in [6, 6.07) is 6.51. The van der Waals surface area contributed by atoms with Crippen molar-refractivity contribution < 1.29 is 41.4 Å². The molecule has 38 heavy (non-hydrogen) atoms. The molecule has 1 fully saturated rings. The zero-order valence-electron chi connectivity index (χ0n) is 20.4. The number of ether oxygens (including phenoxy) is 3. The van der Waals surface area contributed by atoms with Crippen molar-refractivity contribution in [3.8, 4) is 23.2 Å². The Balaban J connectivity index is 1.43. The largest absolute Gasteiger partial charge is 0.495 e. The lowest BCUT2D eigenvalue weighted by Crippen LogP contribution is -2.52. The molecule has 1 aliphatic rings. The van der Waals surface area contributed by atoms with Crippen molar-refractivity contribution in [3.05, 3.63) is 64.2 Å². The highest BCUT2D eigenvalue weighted by molar-refractivity contribution is 6.32. The van der Waals surface area contributed by atoms with Crippen molar-refractivity contribution in [2.75, 3.05) is 26.8 Å². The molecule has 0 spiro atoms. The Bertz CT molecular complexity index is 1390. The molecular weight excluding hydrogens is 534 g/mol. The Morgan fingerprint density at radius 2 is 1.84 bits per heavy atom. The Labute approximate surface area is 219 Å². The molecule has 0 radical (unpaired) electrons. The molecular formula is C25H22ClF4N3O5. The van der Waals surface area contributed by atoms with Gasteiger partial charge in [0.25, 0.3) is 5.91 Å². The van der Waals surface area contributed by atoms with Crippen LogP contribution in [0.2, 0.25) is 5.02 Å². The first-order valence-corrected chi connectivity index (χ1v) is 11.7. The van der Waals surface area contributed by atoms with Gasteiger partial charge >= 0.3 is 18.2 Å². The maximum Gasteiger partial charge on any atom is 0.491 e. The normalized spacial score (nSPS) is 13.7. The van der Waals surface area contributed by atoms with E-state index in [4.69, 9.17) is 21.1 Å². The Morgan fingerprint density at radius 3 is 2.50 bits per heavy atom. The fourth-order valence-electron chi connectivity index (χ4n) is 3.85. The second-order valence-electron chi connectivity index (χ2n) is 8.68. The average molecular weight is 556 g/mol. The number of methoxy groups -OCH3 is 1. The Morgan fingerprint density at radius 1 is 1.13 bits per heavy atom. The summed E-state index contributed by atoms with van der Waals surface area (Å²) in [4.78, 5) is 29.7. The number of aromatic nitrogens is 2. The van der Waals surface area contributed by atoms with E-state index in [1.165, 1.54) is 50.6 Å². The number of aryl methyl sites for hydroxylation is 1. The molecule has 8 nitrogen and oxygen atoms in total. The van der Waals surface area contributed by atoms with Gasteiger partial charge in [-0.25, -0.2) is 9.18 Å². The van der Waals surface area contributed by atoms with Gasteiger partial charge in [0.05, 0.1) is 30.1 Å². The molecule has 0 N–H and O–H groups in total. The van der Waals surface area contributed by atoms with Crippen LogP contribution in [0.3, 0.4) is 0 Å². The summed E-state index contributed by atoms with van der Waals surface area (Å²) in [6.07, 6.45) is -3.83. The van der Waals surface area contributed by atoms with E-state index in [1.54, 1.807) is 11.8 Å². The van der Waals surface area contributed by atoms with E-state index in [-0.39, 0.29) is 40.5 Å². The second kappa shape index (κ2) is 10.5. The Kier molecular flexibility index (Phi) is 7.54. The molecule has 202 valence electrons. The third-order valence-corrected chi connectivity index (χ3v) is 6.37. The number of alkyl halides is 3. The van der Waals surface area contributed by atoms with Crippen molar-refractivity contribution in [3.63, 3.8) is 0 Å². The summed E-state index contributed by atoms with van der Waals surface area (Å²) in [7, 11) is 1.33. The summed E-state index contributed by atoms with van der Waals surface area (Å²) in [5.74, 6) is -2.56. The van der Waals surface area contributed by atoms with E-state index >= 15 is 0 Å². The number of amides is 1. The number of carbonyl (C=O) groups excluding carboxylic acids is 2. The number of esters is 1. The topological polar surface area (TPSA) is 82.9 Å². The first kappa shape index (κ1) is 27.2. The summed E-state index contributed by atoms with van der Waals surface area (Å²) in [5.41, 5.74) is 1.09. The van der Waals surface area contributed by atoms with E-state index in [0.717, 1.165) is 4.57 Å². The smallest absolute Gasteiger partial charge is 0.491 e. The second-order valence-corrected chi connectivity index (χ2v) is 9.06. The monoisotopic (exact) mass is 555 g/mol. The lowest BCUT2D eigenvalue weighted by molar-refractivity contribution is -0.190. The number of benzene rings is 2. The zero-order valence-corrected chi connectivity index (χ0v) is 21.2. The van der Waals surface area contributed by atoms with Crippen LogP contribution in [0.1, 0.15) is 21.6 Å². The van der Waals surface area contributed by atoms with Gasteiger partial charge < -0.3 is 19.1 Å². The van der Waals surface area contributed by atoms with Crippen LogP contribution < -0.4 is 14.2 Å². The molecule has 1 saturated heterocycles. The van der Waals surface area contributed by atoms with Crippen LogP contribution in [0.4, 0.5) is 17.6 Å². The van der Waals surface area contributed by atoms with Gasteiger partial charge in [-0.3, -0.25) is 9.36 Å². The minimum atomic E-state index is -5.20. The molecule has 2 aromatic carbocycles. The zero-order chi connectivity index (χ0) is 27.8. The lowest BCUT2D eigenvalue weighted by Gasteiger charge is -2.39. The molecule has 1 aromatic heterocycles. The van der Waals surface area contributed by atoms with Crippen molar-refractivity contribution in [2.45, 2.75) is 20.0 Å². The highest BCUT2D eigenvalue weighted by Crippen LogP contribution is 2.32. The van der Waals surface area contributed by atoms with Crippen molar-refractivity contribution >= 4 is 23.5 Å². The standard InChI is InChI=1S/C25H22ClF4N3O5/c1-13-9-33(24(31-13)38-23(35)25(28,29)30)18-6-4-16(8-20(18)36-3)22(34)32-10-15(11-32)12-37-19-7-5-17(27)14(2)21(19)26/h4-9,15H,10-12H2,1-3H3. The SMILES string of the molecule is COc1cc(C(=O)N2CC(COc3ccc(F)c(C)c3Cl)C2)ccc1-n1cc(C)nc1OC(=O)C(F)(F)F. The van der Waals surface area contributed by atoms with Gasteiger partial charge in [-0.1, -0.05) is 11.6 Å². The lowest BCUT2D eigenvalue weighted by atomic mass is 9.99. The first-order chi connectivity index (χ1) is 17.9. The quantitative estimate of drug-likeness (QED) is 0.304. The van der Waals surface area contributed by atoms with E-state index in [0.29, 0.717) is 30.1 Å². The van der Waals surface area contributed by atoms with Gasteiger partial charge in [-0.05, 0) is 44.2 Å². The van der Waals surface area contributed by atoms with Crippen molar-refractivity contribution in [1.29, 1.82) is 0 Å². The molecule has 1 aliphatic heterocycles. The molecule has 4 rings (SSSR count). The molecule has 1 amide bonds. The van der Waals surface area contributed by atoms with Gasteiger partial charge in [0.2, 0.25) is 0 Å². The fourth-order valence-corrected chi connectivity index (χ4v) is 4.06. The van der Waals surface area contributed by atoms with Gasteiger partial charge in [0, 0.05) is 36.3 Å². The molecule has 0 atom stereocenters. The van der Waals surface area contributed by atoms with Crippen molar-refractivity contribution in [2.24, 2.45) is 5.92 Å². The molecule has 0 bridgehead atoms. The van der Waals surface area contributed by atoms with Crippen LogP contribution >= 0.6 is 11.6 Å². The predicted molar refractivity (Wildman–Crippen MR) is 128 cm³/mol. The first-order valence-electron chi connectivity index (χ1n) is 11.3. The number of halogens is 5. The third-order valence-electron chi connectivity index (χ3n) is 5.90. The van der Waals surface area contributed by atoms with Crippen LogP contribution in [-0.4, -0.2) is 59.3 Å². The minimum absolute atomic E-state index is 0.0429. The maximum absolute atomic E-state index is 13.6. The number of imidazole rings is 1. The van der Waals surface area contributed by atoms with Crippen LogP contribution in [0, 0.1) is 25.6 Å². The summed E-state index contributed by atoms with van der Waals surface area (Å²) in [5, 5.41) is 0.203. The summed E-state index contributed by atoms with van der Waals surface area (Å²) < 4.78 is 68.2. The summed E-state index contributed by atoms with van der Waals surface area (Å²) >= 11 is 6.12. The molecule has 3 aromatic rings. The van der Waals surface area contributed by atoms with Gasteiger partial charge in [0.15, 0.2) is 0 Å². The third kappa shape index (κ3) is 5.54. The number of hydrogen-bond acceptors (Lipinski definition) is 6. The number of hydrogen-bond donors (Lipinski definition) is 0. The number of carbonyl (C=O) groups is 2. The summed E-state index contributed by atoms with van der Waals surface area (Å²) in [6.45, 7) is 4.19. The van der Waals surface area contributed by atoms with E-state index in [1.807, 2.05) is 0 Å². The molecule has 0 saturated carbocycles. The van der Waals surface area contributed by atoms with Crippen LogP contribution in [0.5, 0.6) is 17.5 Å². The molecule has 0 unspecified atom stereocenters. The van der Waals surface area contributed by atoms with Crippen LogP contribution in [-0.2, 0) is 4.79 Å². The van der Waals surface area contributed by atoms with Crippen LogP contribution in [0.15, 0.2) is 36.5 Å². The van der Waals surface area contributed by atoms with Crippen molar-refractivity contribution in [1.82, 2.24) is 14.5 Å². The Hall–Kier alpha value is -3.80. The van der Waals surface area contributed by atoms with Gasteiger partial charge in [-0.2, -0.15) is 18.2 Å². The molecule has 2 heterocycles. The van der Waals surface area contributed by atoms with E-state index in [2.05, 4.69) is 9.72 Å². The van der Waals surface area contributed by atoms with Crippen LogP contribution in [0.25, 0.3) is 5.69 Å². The predicted octanol–water partition coefficient (Wildman–Crippen LogP) is 4.91.